The van der Waals surface area contributed by atoms with Crippen molar-refractivity contribution in [3.8, 4) is 0 Å². The molecule has 0 aliphatic rings. The minimum atomic E-state index is -3.30. The third-order valence-electron chi connectivity index (χ3n) is 4.44. The van der Waals surface area contributed by atoms with E-state index in [9.17, 15) is 4.57 Å². The zero-order valence-corrected chi connectivity index (χ0v) is 17.4. The van der Waals surface area contributed by atoms with Crippen molar-refractivity contribution in [3.63, 3.8) is 0 Å². The molecule has 0 saturated heterocycles. The maximum atomic E-state index is 13.8. The number of hydrogen-bond donors (Lipinski definition) is 1. The molecule has 0 amide bonds. The van der Waals surface area contributed by atoms with Crippen molar-refractivity contribution in [1.29, 1.82) is 0 Å². The summed E-state index contributed by atoms with van der Waals surface area (Å²) in [5.74, 6) is -0.368. The number of hydrogen-bond acceptors (Lipinski definition) is 3. The molecule has 2 N–H and O–H groups in total. The van der Waals surface area contributed by atoms with E-state index in [0.29, 0.717) is 13.2 Å². The fourth-order valence-electron chi connectivity index (χ4n) is 2.83. The van der Waals surface area contributed by atoms with Crippen LogP contribution in [0.1, 0.15) is 56.4 Å². The Morgan fingerprint density at radius 1 is 0.852 bits per heavy atom. The molecule has 0 spiro atoms. The van der Waals surface area contributed by atoms with E-state index in [1.165, 1.54) is 5.56 Å². The van der Waals surface area contributed by atoms with E-state index in [4.69, 9.17) is 9.05 Å². The van der Waals surface area contributed by atoms with Gasteiger partial charge in [-0.25, -0.2) is 0 Å². The van der Waals surface area contributed by atoms with E-state index in [1.54, 1.807) is 0 Å². The van der Waals surface area contributed by atoms with Crippen LogP contribution in [0.2, 0.25) is 0 Å². The maximum absolute atomic E-state index is 13.8. The van der Waals surface area contributed by atoms with E-state index in [0.717, 1.165) is 37.8 Å². The predicted molar refractivity (Wildman–Crippen MR) is 111 cm³/mol. The quantitative estimate of drug-likeness (QED) is 0.374. The molecule has 27 heavy (non-hydrogen) atoms. The third kappa shape index (κ3) is 7.23. The van der Waals surface area contributed by atoms with Gasteiger partial charge in [-0.1, -0.05) is 87.4 Å². The molecule has 1 atom stereocenters. The van der Waals surface area contributed by atoms with Gasteiger partial charge in [0.05, 0.1) is 13.2 Å². The van der Waals surface area contributed by atoms with Crippen molar-refractivity contribution >= 4 is 7.60 Å². The molecule has 2 aromatic carbocycles. The Hall–Kier alpha value is -1.45. The van der Waals surface area contributed by atoms with Crippen LogP contribution < -0.4 is 5.32 Å². The standard InChI is InChI=1S/C22H32NO3P/c1-3-5-17-25-27(24,26-18-6-4-2)22(21-15-11-8-12-16-21)23-19-20-13-9-7-10-14-20/h7-16,22-23H,3-6,17-19H2,1-2H3/p+1/t22-/m1/s1. The van der Waals surface area contributed by atoms with Gasteiger partial charge in [0.1, 0.15) is 6.54 Å². The van der Waals surface area contributed by atoms with Crippen LogP contribution in [0.15, 0.2) is 60.7 Å². The van der Waals surface area contributed by atoms with Crippen LogP contribution in [0.3, 0.4) is 0 Å². The Morgan fingerprint density at radius 3 is 1.89 bits per heavy atom. The van der Waals surface area contributed by atoms with Crippen LogP contribution in [0.25, 0.3) is 0 Å². The first-order valence-corrected chi connectivity index (χ1v) is 11.6. The smallest absolute Gasteiger partial charge is 0.326 e. The average molecular weight is 390 g/mol. The molecule has 2 rings (SSSR count). The number of rotatable bonds is 13. The second-order valence-corrected chi connectivity index (χ2v) is 8.85. The lowest BCUT2D eigenvalue weighted by atomic mass is 10.2. The van der Waals surface area contributed by atoms with Crippen LogP contribution in [-0.4, -0.2) is 13.2 Å². The summed E-state index contributed by atoms with van der Waals surface area (Å²) < 4.78 is 25.7. The van der Waals surface area contributed by atoms with Crippen LogP contribution in [-0.2, 0) is 20.2 Å². The molecule has 0 saturated carbocycles. The van der Waals surface area contributed by atoms with Crippen molar-refractivity contribution in [3.05, 3.63) is 71.8 Å². The molecule has 0 aromatic heterocycles. The Bertz CT molecular complexity index is 664. The highest BCUT2D eigenvalue weighted by Gasteiger charge is 2.40. The maximum Gasteiger partial charge on any atom is 0.392 e. The summed E-state index contributed by atoms with van der Waals surface area (Å²) in [5.41, 5.74) is 2.16. The van der Waals surface area contributed by atoms with Gasteiger partial charge in [0, 0.05) is 11.1 Å². The van der Waals surface area contributed by atoms with Crippen molar-refractivity contribution in [2.45, 2.75) is 51.9 Å². The molecule has 0 unspecified atom stereocenters. The highest BCUT2D eigenvalue weighted by atomic mass is 31.2. The van der Waals surface area contributed by atoms with Crippen molar-refractivity contribution in [2.75, 3.05) is 13.2 Å². The molecule has 0 fully saturated rings. The van der Waals surface area contributed by atoms with Gasteiger partial charge in [-0.15, -0.1) is 0 Å². The van der Waals surface area contributed by atoms with Crippen molar-refractivity contribution < 1.29 is 18.9 Å². The van der Waals surface area contributed by atoms with Gasteiger partial charge in [-0.05, 0) is 12.8 Å². The summed E-state index contributed by atoms with van der Waals surface area (Å²) in [4.78, 5) is 0. The molecular weight excluding hydrogens is 357 g/mol. The molecular formula is C22H33NO3P+. The van der Waals surface area contributed by atoms with Crippen molar-refractivity contribution in [2.24, 2.45) is 0 Å². The normalized spacial score (nSPS) is 12.8. The average Bonchev–Trinajstić information content (AvgIpc) is 2.70. The first-order chi connectivity index (χ1) is 13.2. The highest BCUT2D eigenvalue weighted by Crippen LogP contribution is 2.58. The first kappa shape index (κ1) is 21.8. The van der Waals surface area contributed by atoms with Gasteiger partial charge in [-0.2, -0.15) is 0 Å². The monoisotopic (exact) mass is 390 g/mol. The molecule has 0 aliphatic heterocycles. The summed E-state index contributed by atoms with van der Waals surface area (Å²) in [7, 11) is -3.30. The Morgan fingerprint density at radius 2 is 1.37 bits per heavy atom. The molecule has 5 heteroatoms. The molecule has 2 aromatic rings. The summed E-state index contributed by atoms with van der Waals surface area (Å²) in [6.07, 6.45) is 3.75. The minimum absolute atomic E-state index is 0.368. The summed E-state index contributed by atoms with van der Waals surface area (Å²) >= 11 is 0. The van der Waals surface area contributed by atoms with E-state index in [2.05, 4.69) is 31.3 Å². The van der Waals surface area contributed by atoms with Gasteiger partial charge in [0.2, 0.25) is 5.78 Å². The van der Waals surface area contributed by atoms with Crippen molar-refractivity contribution in [1.82, 2.24) is 0 Å². The van der Waals surface area contributed by atoms with E-state index in [-0.39, 0.29) is 5.78 Å². The van der Waals surface area contributed by atoms with Gasteiger partial charge >= 0.3 is 7.60 Å². The van der Waals surface area contributed by atoms with Gasteiger partial charge in [0.15, 0.2) is 0 Å². The fraction of sp³-hybridized carbons (Fsp3) is 0.455. The van der Waals surface area contributed by atoms with Crippen LogP contribution in [0.5, 0.6) is 0 Å². The molecule has 0 radical (unpaired) electrons. The number of quaternary nitrogens is 1. The molecule has 4 nitrogen and oxygen atoms in total. The lowest BCUT2D eigenvalue weighted by Gasteiger charge is -2.25. The third-order valence-corrected chi connectivity index (χ3v) is 6.71. The largest absolute Gasteiger partial charge is 0.392 e. The lowest BCUT2D eigenvalue weighted by molar-refractivity contribution is -0.693. The molecule has 0 heterocycles. The zero-order valence-electron chi connectivity index (χ0n) is 16.5. The SMILES string of the molecule is CCCCOP(=O)(OCCCC)[C@@H]([NH2+]Cc1ccccc1)c1ccccc1. The van der Waals surface area contributed by atoms with Crippen LogP contribution in [0, 0.1) is 0 Å². The second-order valence-electron chi connectivity index (χ2n) is 6.69. The first-order valence-electron chi connectivity index (χ1n) is 10.0. The minimum Gasteiger partial charge on any atom is -0.326 e. The van der Waals surface area contributed by atoms with E-state index < -0.39 is 7.60 Å². The summed E-state index contributed by atoms with van der Waals surface area (Å²) in [6.45, 7) is 5.84. The van der Waals surface area contributed by atoms with Crippen LogP contribution >= 0.6 is 7.60 Å². The number of unbranched alkanes of at least 4 members (excludes halogenated alkanes) is 2. The molecule has 0 aliphatic carbocycles. The van der Waals surface area contributed by atoms with Gasteiger partial charge in [-0.3, -0.25) is 4.57 Å². The zero-order chi connectivity index (χ0) is 19.4. The second kappa shape index (κ2) is 12.1. The van der Waals surface area contributed by atoms with Crippen LogP contribution in [0.4, 0.5) is 0 Å². The Labute approximate surface area is 163 Å². The summed E-state index contributed by atoms with van der Waals surface area (Å²) in [6, 6.07) is 20.1. The fourth-order valence-corrected chi connectivity index (χ4v) is 4.89. The lowest BCUT2D eigenvalue weighted by Crippen LogP contribution is -2.83. The Kier molecular flexibility index (Phi) is 9.79. The molecule has 0 bridgehead atoms. The number of benzene rings is 2. The number of nitrogens with two attached hydrogens (primary N) is 1. The van der Waals surface area contributed by atoms with Gasteiger partial charge in [0.25, 0.3) is 0 Å². The predicted octanol–water partition coefficient (Wildman–Crippen LogP) is 5.28. The summed E-state index contributed by atoms with van der Waals surface area (Å²) in [5, 5.41) is 2.09. The van der Waals surface area contributed by atoms with Gasteiger partial charge < -0.3 is 14.4 Å². The van der Waals surface area contributed by atoms with E-state index >= 15 is 0 Å². The topological polar surface area (TPSA) is 52.1 Å². The highest BCUT2D eigenvalue weighted by molar-refractivity contribution is 7.53. The molecule has 148 valence electrons. The Balaban J connectivity index is 2.23. The van der Waals surface area contributed by atoms with E-state index in [1.807, 2.05) is 48.5 Å².